The van der Waals surface area contributed by atoms with Gasteiger partial charge in [-0.15, -0.1) is 0 Å². The van der Waals surface area contributed by atoms with Gasteiger partial charge in [-0.3, -0.25) is 10.1 Å². The monoisotopic (exact) mass is 313 g/mol. The first kappa shape index (κ1) is 14.9. The Balaban J connectivity index is 2.27. The molecular formula is C10H11N5O5S. The van der Waals surface area contributed by atoms with Gasteiger partial charge in [-0.25, -0.2) is 13.1 Å². The van der Waals surface area contributed by atoms with Crippen molar-refractivity contribution in [3.05, 3.63) is 40.5 Å². The smallest absolute Gasteiger partial charge is 0.293 e. The number of rotatable bonds is 6. The summed E-state index contributed by atoms with van der Waals surface area (Å²) in [7, 11) is -2.42. The molecule has 0 aliphatic heterocycles. The van der Waals surface area contributed by atoms with E-state index in [4.69, 9.17) is 0 Å². The molecule has 11 heteroatoms. The topological polar surface area (TPSA) is 140 Å². The summed E-state index contributed by atoms with van der Waals surface area (Å²) in [6.45, 7) is -0.180. The number of nitrogens with one attached hydrogen (secondary N) is 2. The van der Waals surface area contributed by atoms with Crippen molar-refractivity contribution in [2.75, 3.05) is 12.4 Å². The van der Waals surface area contributed by atoms with E-state index in [0.29, 0.717) is 0 Å². The number of hydrogen-bond acceptors (Lipinski definition) is 8. The zero-order valence-electron chi connectivity index (χ0n) is 10.8. The Morgan fingerprint density at radius 2 is 2.19 bits per heavy atom. The molecule has 0 fully saturated rings. The molecule has 2 rings (SSSR count). The van der Waals surface area contributed by atoms with Crippen LogP contribution >= 0.6 is 0 Å². The molecule has 0 spiro atoms. The van der Waals surface area contributed by atoms with Crippen molar-refractivity contribution in [2.24, 2.45) is 0 Å². The van der Waals surface area contributed by atoms with Gasteiger partial charge >= 0.3 is 0 Å². The van der Waals surface area contributed by atoms with E-state index in [9.17, 15) is 18.5 Å². The summed E-state index contributed by atoms with van der Waals surface area (Å²) in [6.07, 6.45) is 1.07. The third kappa shape index (κ3) is 3.32. The van der Waals surface area contributed by atoms with Gasteiger partial charge in [-0.05, 0) is 12.1 Å². The van der Waals surface area contributed by atoms with Crippen molar-refractivity contribution in [1.82, 2.24) is 14.9 Å². The lowest BCUT2D eigenvalue weighted by molar-refractivity contribution is -0.384. The standard InChI is InChI=1S/C10H11N5O5S/c1-11-8-3-2-7(4-9(8)15(16)17)21(18,19)13-5-10-12-6-20-14-10/h2-4,6,11,13H,5H2,1H3. The first-order valence-electron chi connectivity index (χ1n) is 5.65. The molecule has 1 aromatic carbocycles. The highest BCUT2D eigenvalue weighted by molar-refractivity contribution is 7.89. The first-order valence-corrected chi connectivity index (χ1v) is 7.13. The molecule has 0 bridgehead atoms. The molecule has 21 heavy (non-hydrogen) atoms. The highest BCUT2D eigenvalue weighted by atomic mass is 32.2. The van der Waals surface area contributed by atoms with Crippen molar-refractivity contribution in [3.63, 3.8) is 0 Å². The quantitative estimate of drug-likeness (QED) is 0.580. The van der Waals surface area contributed by atoms with E-state index in [1.54, 1.807) is 0 Å². The van der Waals surface area contributed by atoms with E-state index in [2.05, 4.69) is 24.7 Å². The first-order chi connectivity index (χ1) is 9.94. The van der Waals surface area contributed by atoms with Gasteiger partial charge in [0.15, 0.2) is 5.82 Å². The van der Waals surface area contributed by atoms with Crippen LogP contribution in [0.2, 0.25) is 0 Å². The maximum absolute atomic E-state index is 12.1. The van der Waals surface area contributed by atoms with Gasteiger partial charge in [0.2, 0.25) is 16.4 Å². The maximum Gasteiger partial charge on any atom is 0.293 e. The summed E-state index contributed by atoms with van der Waals surface area (Å²) in [5.74, 6) is 0.153. The highest BCUT2D eigenvalue weighted by Gasteiger charge is 2.21. The van der Waals surface area contributed by atoms with Gasteiger partial charge in [0.25, 0.3) is 5.69 Å². The maximum atomic E-state index is 12.1. The van der Waals surface area contributed by atoms with E-state index in [1.165, 1.54) is 19.2 Å². The Labute approximate surface area is 119 Å². The molecule has 112 valence electrons. The number of nitrogens with zero attached hydrogens (tertiary/aromatic N) is 3. The average Bonchev–Trinajstić information content (AvgIpc) is 2.97. The van der Waals surface area contributed by atoms with Gasteiger partial charge < -0.3 is 9.84 Å². The summed E-state index contributed by atoms with van der Waals surface area (Å²) in [5, 5.41) is 17.0. The molecule has 0 amide bonds. The van der Waals surface area contributed by atoms with Crippen LogP contribution in [0.25, 0.3) is 0 Å². The highest BCUT2D eigenvalue weighted by Crippen LogP contribution is 2.26. The number of hydrogen-bond donors (Lipinski definition) is 2. The van der Waals surface area contributed by atoms with Crippen molar-refractivity contribution >= 4 is 21.4 Å². The minimum atomic E-state index is -3.92. The summed E-state index contributed by atoms with van der Waals surface area (Å²) < 4.78 is 30.8. The van der Waals surface area contributed by atoms with Crippen molar-refractivity contribution < 1.29 is 17.9 Å². The van der Waals surface area contributed by atoms with E-state index in [0.717, 1.165) is 12.5 Å². The Bertz CT molecular complexity index is 743. The van der Waals surface area contributed by atoms with Crippen LogP contribution in [0.1, 0.15) is 5.82 Å². The Morgan fingerprint density at radius 3 is 2.76 bits per heavy atom. The number of benzene rings is 1. The molecule has 0 radical (unpaired) electrons. The van der Waals surface area contributed by atoms with Gasteiger partial charge in [0, 0.05) is 13.1 Å². The lowest BCUT2D eigenvalue weighted by Gasteiger charge is -2.07. The van der Waals surface area contributed by atoms with E-state index < -0.39 is 14.9 Å². The fraction of sp³-hybridized carbons (Fsp3) is 0.200. The average molecular weight is 313 g/mol. The van der Waals surface area contributed by atoms with Crippen molar-refractivity contribution in [1.29, 1.82) is 0 Å². The number of nitro groups is 1. The molecule has 0 unspecified atom stereocenters. The second-order valence-electron chi connectivity index (χ2n) is 3.86. The minimum Gasteiger partial charge on any atom is -0.383 e. The fourth-order valence-electron chi connectivity index (χ4n) is 1.55. The van der Waals surface area contributed by atoms with Crippen LogP contribution < -0.4 is 10.0 Å². The molecular weight excluding hydrogens is 302 g/mol. The molecule has 10 nitrogen and oxygen atoms in total. The molecule has 2 N–H and O–H groups in total. The van der Waals surface area contributed by atoms with Crippen LogP contribution in [0.4, 0.5) is 11.4 Å². The second kappa shape index (κ2) is 5.85. The van der Waals surface area contributed by atoms with Crippen LogP contribution in [-0.4, -0.2) is 30.5 Å². The molecule has 0 saturated carbocycles. The third-order valence-corrected chi connectivity index (χ3v) is 3.97. The number of sulfonamides is 1. The molecule has 0 atom stereocenters. The number of nitro benzene ring substituents is 1. The Hall–Kier alpha value is -2.53. The van der Waals surface area contributed by atoms with Crippen molar-refractivity contribution in [3.8, 4) is 0 Å². The molecule has 1 aromatic heterocycles. The van der Waals surface area contributed by atoms with Crippen LogP contribution in [0.15, 0.2) is 34.0 Å². The van der Waals surface area contributed by atoms with Gasteiger partial charge in [-0.2, -0.15) is 4.98 Å². The molecule has 0 saturated heterocycles. The van der Waals surface area contributed by atoms with Gasteiger partial charge in [0.05, 0.1) is 16.4 Å². The Morgan fingerprint density at radius 1 is 1.43 bits per heavy atom. The predicted molar refractivity (Wildman–Crippen MR) is 71.0 cm³/mol. The molecule has 1 heterocycles. The SMILES string of the molecule is CNc1ccc(S(=O)(=O)NCc2ncon2)cc1[N+](=O)[O-]. The molecule has 0 aliphatic rings. The fourth-order valence-corrected chi connectivity index (χ4v) is 2.55. The summed E-state index contributed by atoms with van der Waals surface area (Å²) in [4.78, 5) is 13.7. The van der Waals surface area contributed by atoms with E-state index in [1.807, 2.05) is 0 Å². The van der Waals surface area contributed by atoms with Crippen molar-refractivity contribution in [2.45, 2.75) is 11.4 Å². The van der Waals surface area contributed by atoms with E-state index in [-0.39, 0.29) is 28.6 Å². The third-order valence-electron chi connectivity index (χ3n) is 2.57. The summed E-state index contributed by atoms with van der Waals surface area (Å²) in [5.41, 5.74) is -0.114. The Kier molecular flexibility index (Phi) is 4.14. The van der Waals surface area contributed by atoms with E-state index >= 15 is 0 Å². The zero-order valence-corrected chi connectivity index (χ0v) is 11.6. The summed E-state index contributed by atoms with van der Waals surface area (Å²) >= 11 is 0. The van der Waals surface area contributed by atoms with Gasteiger partial charge in [0.1, 0.15) is 5.69 Å². The zero-order chi connectivity index (χ0) is 15.5. The number of aromatic nitrogens is 2. The molecule has 2 aromatic rings. The van der Waals surface area contributed by atoms with Crippen LogP contribution in [0.5, 0.6) is 0 Å². The van der Waals surface area contributed by atoms with Gasteiger partial charge in [-0.1, -0.05) is 5.16 Å². The van der Waals surface area contributed by atoms with Crippen LogP contribution in [0.3, 0.4) is 0 Å². The predicted octanol–water partition coefficient (Wildman–Crippen LogP) is 0.498. The normalized spacial score (nSPS) is 11.3. The summed E-state index contributed by atoms with van der Waals surface area (Å²) in [6, 6.07) is 3.56. The van der Waals surface area contributed by atoms with Crippen LogP contribution in [-0.2, 0) is 16.6 Å². The lowest BCUT2D eigenvalue weighted by atomic mass is 10.3. The van der Waals surface area contributed by atoms with Crippen LogP contribution in [0, 0.1) is 10.1 Å². The molecule has 0 aliphatic carbocycles. The lowest BCUT2D eigenvalue weighted by Crippen LogP contribution is -2.24. The largest absolute Gasteiger partial charge is 0.383 e. The minimum absolute atomic E-state index is 0.153. The second-order valence-corrected chi connectivity index (χ2v) is 5.63. The number of anilines is 1.